The molecule has 4 rings (SSSR count). The summed E-state index contributed by atoms with van der Waals surface area (Å²) in [6, 6.07) is 14.7. The number of hydrogen-bond donors (Lipinski definition) is 1. The zero-order valence-corrected chi connectivity index (χ0v) is 21.0. The summed E-state index contributed by atoms with van der Waals surface area (Å²) >= 11 is 5.94. The first kappa shape index (κ1) is 25.2. The molecular weight excluding hydrogens is 464 g/mol. The molecule has 0 spiro atoms. The zero-order valence-electron chi connectivity index (χ0n) is 20.2. The van der Waals surface area contributed by atoms with Crippen LogP contribution in [-0.4, -0.2) is 78.2 Å². The molecule has 0 aliphatic carbocycles. The molecule has 2 aromatic rings. The minimum Gasteiger partial charge on any atom is -0.340 e. The van der Waals surface area contributed by atoms with Gasteiger partial charge in [0.05, 0.1) is 12.5 Å². The lowest BCUT2D eigenvalue weighted by molar-refractivity contribution is -0.138. The van der Waals surface area contributed by atoms with Gasteiger partial charge >= 0.3 is 0 Å². The van der Waals surface area contributed by atoms with E-state index in [9.17, 15) is 14.4 Å². The van der Waals surface area contributed by atoms with Crippen LogP contribution in [0.25, 0.3) is 0 Å². The SMILES string of the molecule is CCc1ccccc1NC(=O)CN1CCN(C(=O)C2CCCN(C(=O)c3ccc(Cl)cc3)C2)CC1. The number of likely N-dealkylation sites (tertiary alicyclic amines) is 1. The van der Waals surface area contributed by atoms with Gasteiger partial charge in [-0.1, -0.05) is 36.7 Å². The van der Waals surface area contributed by atoms with Crippen molar-refractivity contribution in [2.75, 3.05) is 51.1 Å². The first-order valence-corrected chi connectivity index (χ1v) is 12.8. The number of piperidine rings is 1. The summed E-state index contributed by atoms with van der Waals surface area (Å²) in [6.07, 6.45) is 2.47. The fraction of sp³-hybridized carbons (Fsp3) is 0.444. The highest BCUT2D eigenvalue weighted by atomic mass is 35.5. The smallest absolute Gasteiger partial charge is 0.253 e. The predicted octanol–water partition coefficient (Wildman–Crippen LogP) is 3.54. The third-order valence-corrected chi connectivity index (χ3v) is 7.12. The molecule has 2 saturated heterocycles. The lowest BCUT2D eigenvalue weighted by atomic mass is 9.95. The van der Waals surface area contributed by atoms with Crippen molar-refractivity contribution in [3.05, 3.63) is 64.7 Å². The lowest BCUT2D eigenvalue weighted by Gasteiger charge is -2.38. The van der Waals surface area contributed by atoms with Crippen molar-refractivity contribution in [3.8, 4) is 0 Å². The summed E-state index contributed by atoms with van der Waals surface area (Å²) in [4.78, 5) is 44.4. The predicted molar refractivity (Wildman–Crippen MR) is 138 cm³/mol. The van der Waals surface area contributed by atoms with E-state index in [4.69, 9.17) is 11.6 Å². The minimum absolute atomic E-state index is 0.0330. The molecule has 0 radical (unpaired) electrons. The van der Waals surface area contributed by atoms with Crippen LogP contribution >= 0.6 is 11.6 Å². The molecule has 2 aliphatic heterocycles. The molecule has 3 amide bonds. The molecule has 0 bridgehead atoms. The molecule has 0 aromatic heterocycles. The summed E-state index contributed by atoms with van der Waals surface area (Å²) in [5.74, 6) is -0.158. The minimum atomic E-state index is -0.180. The molecule has 35 heavy (non-hydrogen) atoms. The number of piperazine rings is 1. The van der Waals surface area contributed by atoms with Crippen molar-refractivity contribution in [2.24, 2.45) is 5.92 Å². The highest BCUT2D eigenvalue weighted by Crippen LogP contribution is 2.22. The van der Waals surface area contributed by atoms with E-state index in [1.807, 2.05) is 29.2 Å². The molecule has 2 fully saturated rings. The molecule has 7 nitrogen and oxygen atoms in total. The van der Waals surface area contributed by atoms with Gasteiger partial charge in [-0.3, -0.25) is 19.3 Å². The van der Waals surface area contributed by atoms with Crippen LogP contribution in [0.15, 0.2) is 48.5 Å². The standard InChI is InChI=1S/C27H33ClN4O3/c1-2-20-6-3-4-8-24(20)29-25(33)19-30-14-16-31(17-15-30)27(35)22-7-5-13-32(18-22)26(34)21-9-11-23(28)12-10-21/h3-4,6,8-12,22H,2,5,7,13-19H2,1H3,(H,29,33). The maximum absolute atomic E-state index is 13.2. The second kappa shape index (κ2) is 11.7. The maximum atomic E-state index is 13.2. The van der Waals surface area contributed by atoms with Gasteiger partial charge in [0.25, 0.3) is 5.91 Å². The van der Waals surface area contributed by atoms with E-state index in [0.29, 0.717) is 56.4 Å². The Morgan fingerprint density at radius 1 is 0.943 bits per heavy atom. The number of benzene rings is 2. The molecule has 2 heterocycles. The average Bonchev–Trinajstić information content (AvgIpc) is 2.89. The van der Waals surface area contributed by atoms with E-state index in [0.717, 1.165) is 30.5 Å². The van der Waals surface area contributed by atoms with Crippen molar-refractivity contribution >= 4 is 35.0 Å². The Bertz CT molecular complexity index is 1050. The van der Waals surface area contributed by atoms with Crippen molar-refractivity contribution in [2.45, 2.75) is 26.2 Å². The van der Waals surface area contributed by atoms with Crippen molar-refractivity contribution < 1.29 is 14.4 Å². The lowest BCUT2D eigenvalue weighted by Crippen LogP contribution is -2.54. The first-order chi connectivity index (χ1) is 16.9. The third-order valence-electron chi connectivity index (χ3n) is 6.87. The van der Waals surface area contributed by atoms with Gasteiger partial charge in [0.15, 0.2) is 0 Å². The van der Waals surface area contributed by atoms with Crippen molar-refractivity contribution in [1.82, 2.24) is 14.7 Å². The van der Waals surface area contributed by atoms with E-state index in [-0.39, 0.29) is 23.6 Å². The summed E-state index contributed by atoms with van der Waals surface area (Å²) < 4.78 is 0. The van der Waals surface area contributed by atoms with E-state index in [2.05, 4.69) is 17.1 Å². The number of amides is 3. The fourth-order valence-electron chi connectivity index (χ4n) is 4.87. The van der Waals surface area contributed by atoms with E-state index in [1.165, 1.54) is 0 Å². The van der Waals surface area contributed by atoms with Gasteiger partial charge in [0.1, 0.15) is 0 Å². The first-order valence-electron chi connectivity index (χ1n) is 12.4. The van der Waals surface area contributed by atoms with Crippen LogP contribution in [0, 0.1) is 5.92 Å². The largest absolute Gasteiger partial charge is 0.340 e. The molecule has 2 aromatic carbocycles. The number of rotatable bonds is 6. The summed E-state index contributed by atoms with van der Waals surface area (Å²) in [5, 5.41) is 3.61. The molecule has 186 valence electrons. The van der Waals surface area contributed by atoms with Gasteiger partial charge in [0.2, 0.25) is 11.8 Å². The van der Waals surface area contributed by atoms with E-state index < -0.39 is 0 Å². The van der Waals surface area contributed by atoms with Crippen molar-refractivity contribution in [1.29, 1.82) is 0 Å². The molecular formula is C27H33ClN4O3. The average molecular weight is 497 g/mol. The van der Waals surface area contributed by atoms with Crippen LogP contribution in [0.5, 0.6) is 0 Å². The van der Waals surface area contributed by atoms with Gasteiger partial charge in [-0.2, -0.15) is 0 Å². The number of nitrogens with zero attached hydrogens (tertiary/aromatic N) is 3. The van der Waals surface area contributed by atoms with Gasteiger partial charge in [-0.25, -0.2) is 0 Å². The van der Waals surface area contributed by atoms with Crippen LogP contribution in [-0.2, 0) is 16.0 Å². The number of para-hydroxylation sites is 1. The molecule has 1 unspecified atom stereocenters. The Morgan fingerprint density at radius 3 is 2.37 bits per heavy atom. The van der Waals surface area contributed by atoms with Gasteiger partial charge in [-0.15, -0.1) is 0 Å². The number of nitrogens with one attached hydrogen (secondary N) is 1. The molecule has 2 aliphatic rings. The third kappa shape index (κ3) is 6.41. The van der Waals surface area contributed by atoms with Crippen LogP contribution in [0.4, 0.5) is 5.69 Å². The number of hydrogen-bond acceptors (Lipinski definition) is 4. The number of aryl methyl sites for hydroxylation is 1. The Labute approximate surface area is 212 Å². The monoisotopic (exact) mass is 496 g/mol. The second-order valence-electron chi connectivity index (χ2n) is 9.26. The van der Waals surface area contributed by atoms with E-state index >= 15 is 0 Å². The number of anilines is 1. The highest BCUT2D eigenvalue weighted by Gasteiger charge is 2.33. The van der Waals surface area contributed by atoms with E-state index in [1.54, 1.807) is 29.2 Å². The molecule has 1 atom stereocenters. The number of halogens is 1. The quantitative estimate of drug-likeness (QED) is 0.664. The van der Waals surface area contributed by atoms with Crippen LogP contribution < -0.4 is 5.32 Å². The molecule has 8 heteroatoms. The topological polar surface area (TPSA) is 73.0 Å². The Hall–Kier alpha value is -2.90. The second-order valence-corrected chi connectivity index (χ2v) is 9.69. The number of carbonyl (C=O) groups is 3. The summed E-state index contributed by atoms with van der Waals surface area (Å²) in [6.45, 7) is 6.00. The van der Waals surface area contributed by atoms with Crippen LogP contribution in [0.1, 0.15) is 35.7 Å². The van der Waals surface area contributed by atoms with Gasteiger partial charge < -0.3 is 15.1 Å². The van der Waals surface area contributed by atoms with Gasteiger partial charge in [-0.05, 0) is 55.2 Å². The van der Waals surface area contributed by atoms with Crippen molar-refractivity contribution in [3.63, 3.8) is 0 Å². The summed E-state index contributed by atoms with van der Waals surface area (Å²) in [5.41, 5.74) is 2.58. The van der Waals surface area contributed by atoms with Crippen LogP contribution in [0.2, 0.25) is 5.02 Å². The maximum Gasteiger partial charge on any atom is 0.253 e. The number of carbonyl (C=O) groups excluding carboxylic acids is 3. The Morgan fingerprint density at radius 2 is 1.66 bits per heavy atom. The summed E-state index contributed by atoms with van der Waals surface area (Å²) in [7, 11) is 0. The van der Waals surface area contributed by atoms with Crippen LogP contribution in [0.3, 0.4) is 0 Å². The van der Waals surface area contributed by atoms with Gasteiger partial charge in [0, 0.05) is 55.5 Å². The molecule has 0 saturated carbocycles. The molecule has 1 N–H and O–H groups in total. The Balaban J connectivity index is 1.25. The normalized spacial score (nSPS) is 18.9. The Kier molecular flexibility index (Phi) is 8.42. The fourth-order valence-corrected chi connectivity index (χ4v) is 4.99. The zero-order chi connectivity index (χ0) is 24.8. The highest BCUT2D eigenvalue weighted by molar-refractivity contribution is 6.30.